The Morgan fingerprint density at radius 1 is 1.14 bits per heavy atom. The summed E-state index contributed by atoms with van der Waals surface area (Å²) in [5.41, 5.74) is 4.47. The largest absolute Gasteiger partial charge is 0.483 e. The van der Waals surface area contributed by atoms with Crippen LogP contribution in [0.4, 0.5) is 5.82 Å². The number of likely N-dealkylation sites (N-methyl/N-ethyl adjacent to an activating group) is 1. The summed E-state index contributed by atoms with van der Waals surface area (Å²) in [5.74, 6) is 0.716. The second-order valence-corrected chi connectivity index (χ2v) is 11.3. The average molecular weight is 595 g/mol. The van der Waals surface area contributed by atoms with Crippen molar-refractivity contribution >= 4 is 40.6 Å². The molecule has 2 fully saturated rings. The average Bonchev–Trinajstić information content (AvgIpc) is 3.47. The lowest BCUT2D eigenvalue weighted by Gasteiger charge is -2.41. The highest BCUT2D eigenvalue weighted by molar-refractivity contribution is 5.98. The first-order chi connectivity index (χ1) is 21.5. The van der Waals surface area contributed by atoms with Gasteiger partial charge in [-0.1, -0.05) is 49.0 Å². The number of ether oxygens (including phenoxy) is 1. The molecule has 228 valence electrons. The van der Waals surface area contributed by atoms with E-state index in [4.69, 9.17) is 24.6 Å². The lowest BCUT2D eigenvalue weighted by Crippen LogP contribution is -2.55. The molecule has 2 unspecified atom stereocenters. The number of carbonyl (C=O) groups excluding carboxylic acids is 1. The van der Waals surface area contributed by atoms with Crippen LogP contribution in [0.15, 0.2) is 55.1 Å². The molecule has 44 heavy (non-hydrogen) atoms. The van der Waals surface area contributed by atoms with Crippen molar-refractivity contribution in [1.82, 2.24) is 19.8 Å². The third-order valence-electron chi connectivity index (χ3n) is 8.73. The first-order valence-electron chi connectivity index (χ1n) is 15.0. The van der Waals surface area contributed by atoms with Crippen LogP contribution >= 0.6 is 0 Å². The number of allylic oxidation sites excluding steroid dienone is 1. The number of amides is 1. The van der Waals surface area contributed by atoms with Crippen molar-refractivity contribution in [3.8, 4) is 12.1 Å². The zero-order valence-electron chi connectivity index (χ0n) is 25.1. The minimum Gasteiger partial charge on any atom is -0.483 e. The molecule has 6 rings (SSSR count). The maximum Gasteiger partial charge on any atom is 0.318 e. The lowest BCUT2D eigenvalue weighted by molar-refractivity contribution is -0.128. The second kappa shape index (κ2) is 14.1. The fourth-order valence-electron chi connectivity index (χ4n) is 6.46. The number of aromatic nitrogens is 2. The van der Waals surface area contributed by atoms with Crippen molar-refractivity contribution in [2.75, 3.05) is 44.7 Å². The minimum atomic E-state index is -0.250. The number of hydrogen-bond acceptors (Lipinski definition) is 8. The Kier molecular flexibility index (Phi) is 9.87. The van der Waals surface area contributed by atoms with Crippen molar-refractivity contribution in [3.05, 3.63) is 71.9 Å². The van der Waals surface area contributed by atoms with Crippen LogP contribution in [0, 0.1) is 11.3 Å². The summed E-state index contributed by atoms with van der Waals surface area (Å²) in [6.07, 6.45) is 7.75. The van der Waals surface area contributed by atoms with E-state index < -0.39 is 0 Å². The van der Waals surface area contributed by atoms with Gasteiger partial charge in [0.1, 0.15) is 12.4 Å². The van der Waals surface area contributed by atoms with Gasteiger partial charge in [-0.15, -0.1) is 0 Å². The van der Waals surface area contributed by atoms with E-state index in [1.165, 1.54) is 34.4 Å². The van der Waals surface area contributed by atoms with Crippen LogP contribution in [-0.4, -0.2) is 89.2 Å². The summed E-state index contributed by atoms with van der Waals surface area (Å²) < 4.78 is 6.27. The van der Waals surface area contributed by atoms with Gasteiger partial charge in [-0.3, -0.25) is 9.59 Å². The van der Waals surface area contributed by atoms with Crippen molar-refractivity contribution in [1.29, 1.82) is 5.26 Å². The highest BCUT2D eigenvalue weighted by atomic mass is 16.5. The van der Waals surface area contributed by atoms with Crippen LogP contribution in [0.1, 0.15) is 42.5 Å². The number of carboxylic acid groups (broad SMARTS) is 1. The third-order valence-corrected chi connectivity index (χ3v) is 8.73. The molecule has 1 N–H and O–H groups in total. The van der Waals surface area contributed by atoms with Gasteiger partial charge in [-0.05, 0) is 73.3 Å². The van der Waals surface area contributed by atoms with Gasteiger partial charge in [-0.25, -0.2) is 0 Å². The van der Waals surface area contributed by atoms with Gasteiger partial charge in [0.25, 0.3) is 6.47 Å². The molecule has 1 aromatic heterocycles. The summed E-state index contributed by atoms with van der Waals surface area (Å²) in [5, 5.41) is 18.9. The lowest BCUT2D eigenvalue weighted by atomic mass is 9.88. The Morgan fingerprint density at radius 3 is 2.68 bits per heavy atom. The van der Waals surface area contributed by atoms with E-state index in [0.29, 0.717) is 38.3 Å². The number of carbonyl (C=O) groups is 2. The first-order valence-corrected chi connectivity index (χ1v) is 15.0. The molecule has 0 radical (unpaired) electrons. The zero-order valence-corrected chi connectivity index (χ0v) is 25.1. The number of anilines is 1. The maximum atomic E-state index is 12.5. The fraction of sp³-hybridized carbons (Fsp3) is 0.382. The second-order valence-electron chi connectivity index (χ2n) is 11.3. The maximum absolute atomic E-state index is 12.5. The molecule has 3 heterocycles. The van der Waals surface area contributed by atoms with Crippen molar-refractivity contribution in [3.63, 3.8) is 0 Å². The highest BCUT2D eigenvalue weighted by Crippen LogP contribution is 2.38. The van der Waals surface area contributed by atoms with E-state index in [0.717, 1.165) is 42.9 Å². The molecule has 2 aromatic carbocycles. The standard InChI is InChI=1S/C33H36N6O2.CH2O2/c1-3-31(40)39-19-18-38(21-25(39)15-16-34)32-29-14-13-24(28-12-6-9-23-8-4-5-11-27(23)28)20-30(29)35-33(36-32)41-22-26-10-7-17-37(26)2;2-1-3/h3-6,8-9,11-12,20,25-26H,1,7,10,13-15,17-19,21-22H2,2H3;1H,(H,2,3). The van der Waals surface area contributed by atoms with Crippen molar-refractivity contribution < 1.29 is 19.4 Å². The Balaban J connectivity index is 0.00000123. The van der Waals surface area contributed by atoms with Gasteiger partial charge in [0.05, 0.1) is 24.2 Å². The summed E-state index contributed by atoms with van der Waals surface area (Å²) >= 11 is 0. The van der Waals surface area contributed by atoms with E-state index in [-0.39, 0.29) is 24.8 Å². The summed E-state index contributed by atoms with van der Waals surface area (Å²) in [6, 6.07) is 17.7. The molecule has 1 amide bonds. The monoisotopic (exact) mass is 594 g/mol. The van der Waals surface area contributed by atoms with Crippen LogP contribution in [0.5, 0.6) is 6.01 Å². The number of piperazine rings is 1. The number of hydrogen-bond donors (Lipinski definition) is 1. The number of likely N-dealkylation sites (tertiary alicyclic amines) is 1. The summed E-state index contributed by atoms with van der Waals surface area (Å²) in [4.78, 5) is 37.1. The first kappa shape index (κ1) is 30.7. The van der Waals surface area contributed by atoms with Crippen LogP contribution in [-0.2, 0) is 16.0 Å². The molecular weight excluding hydrogens is 556 g/mol. The van der Waals surface area contributed by atoms with Gasteiger partial charge in [-0.2, -0.15) is 15.2 Å². The van der Waals surface area contributed by atoms with Crippen LogP contribution in [0.25, 0.3) is 22.4 Å². The SMILES string of the molecule is C=CC(=O)N1CCN(c2nc(OCC3CCCN3C)nc3c2CCC(c2cccc4ccccc24)=C3)CC1CC#N.O=CO. The Hall–Kier alpha value is -4.75. The van der Waals surface area contributed by atoms with Crippen LogP contribution in [0.3, 0.4) is 0 Å². The van der Waals surface area contributed by atoms with Gasteiger partial charge in [0.15, 0.2) is 0 Å². The normalized spacial score (nSPS) is 19.7. The zero-order chi connectivity index (χ0) is 31.1. The number of nitriles is 1. The molecule has 10 heteroatoms. The molecule has 0 saturated carbocycles. The summed E-state index contributed by atoms with van der Waals surface area (Å²) in [6.45, 7) is 6.69. The molecule has 2 saturated heterocycles. The Morgan fingerprint density at radius 2 is 1.93 bits per heavy atom. The van der Waals surface area contributed by atoms with Crippen LogP contribution in [0.2, 0.25) is 0 Å². The van der Waals surface area contributed by atoms with E-state index in [9.17, 15) is 10.1 Å². The molecule has 10 nitrogen and oxygen atoms in total. The molecular formula is C34H38N6O4. The Bertz CT molecular complexity index is 1590. The number of benzene rings is 2. The van der Waals surface area contributed by atoms with Gasteiger partial charge < -0.3 is 24.5 Å². The van der Waals surface area contributed by atoms with Gasteiger partial charge in [0.2, 0.25) is 5.91 Å². The van der Waals surface area contributed by atoms with Crippen molar-refractivity contribution in [2.45, 2.75) is 44.2 Å². The van der Waals surface area contributed by atoms with E-state index in [2.05, 4.69) is 78.0 Å². The quantitative estimate of drug-likeness (QED) is 0.313. The molecule has 2 aliphatic heterocycles. The van der Waals surface area contributed by atoms with Gasteiger partial charge in [0, 0.05) is 31.2 Å². The van der Waals surface area contributed by atoms with Crippen LogP contribution < -0.4 is 9.64 Å². The molecule has 3 aliphatic rings. The molecule has 0 spiro atoms. The number of fused-ring (bicyclic) bond motifs is 2. The highest BCUT2D eigenvalue weighted by Gasteiger charge is 2.33. The fourth-order valence-corrected chi connectivity index (χ4v) is 6.46. The van der Waals surface area contributed by atoms with E-state index >= 15 is 0 Å². The predicted octanol–water partition coefficient (Wildman–Crippen LogP) is 4.41. The number of nitrogens with zero attached hydrogens (tertiary/aromatic N) is 6. The van der Waals surface area contributed by atoms with E-state index in [1.807, 2.05) is 0 Å². The Labute approximate surface area is 257 Å². The van der Waals surface area contributed by atoms with Crippen molar-refractivity contribution in [2.24, 2.45) is 0 Å². The molecule has 0 bridgehead atoms. The third kappa shape index (κ3) is 6.58. The molecule has 1 aliphatic carbocycles. The van der Waals surface area contributed by atoms with E-state index in [1.54, 1.807) is 4.90 Å². The smallest absolute Gasteiger partial charge is 0.318 e. The van der Waals surface area contributed by atoms with Gasteiger partial charge >= 0.3 is 6.01 Å². The molecule has 2 atom stereocenters. The summed E-state index contributed by atoms with van der Waals surface area (Å²) in [7, 11) is 2.14. The minimum absolute atomic E-state index is 0.137. The predicted molar refractivity (Wildman–Crippen MR) is 170 cm³/mol. The molecule has 3 aromatic rings. The topological polar surface area (TPSA) is 123 Å². The number of rotatable bonds is 7.